The third-order valence-corrected chi connectivity index (χ3v) is 7.00. The summed E-state index contributed by atoms with van der Waals surface area (Å²) in [7, 11) is -1.03. The molecule has 3 aromatic carbocycles. The summed E-state index contributed by atoms with van der Waals surface area (Å²) in [6.07, 6.45) is 0. The van der Waals surface area contributed by atoms with Gasteiger partial charge in [0.15, 0.2) is 0 Å². The molecule has 33 heavy (non-hydrogen) atoms. The van der Waals surface area contributed by atoms with Crippen LogP contribution in [0.4, 0.5) is 5.69 Å². The lowest BCUT2D eigenvalue weighted by Gasteiger charge is -2.18. The van der Waals surface area contributed by atoms with Gasteiger partial charge in [-0.2, -0.15) is 4.31 Å². The van der Waals surface area contributed by atoms with E-state index in [9.17, 15) is 13.2 Å². The first-order valence-corrected chi connectivity index (χ1v) is 11.7. The van der Waals surface area contributed by atoms with E-state index in [1.54, 1.807) is 18.2 Å². The van der Waals surface area contributed by atoms with Crippen molar-refractivity contribution in [2.24, 2.45) is 0 Å². The van der Waals surface area contributed by atoms with Gasteiger partial charge in [-0.05, 0) is 42.8 Å². The zero-order valence-corrected chi connectivity index (χ0v) is 19.3. The number of hydrogen-bond acceptors (Lipinski definition) is 5. The molecule has 1 aromatic heterocycles. The Morgan fingerprint density at radius 3 is 2.58 bits per heavy atom. The van der Waals surface area contributed by atoms with Gasteiger partial charge in [-0.25, -0.2) is 13.4 Å². The van der Waals surface area contributed by atoms with Gasteiger partial charge in [0.1, 0.15) is 11.6 Å². The molecule has 0 saturated heterocycles. The minimum absolute atomic E-state index is 0.0710. The molecule has 8 nitrogen and oxygen atoms in total. The molecule has 0 aliphatic rings. The molecule has 0 aliphatic carbocycles. The van der Waals surface area contributed by atoms with Gasteiger partial charge in [-0.1, -0.05) is 36.4 Å². The van der Waals surface area contributed by atoms with Crippen LogP contribution in [0.3, 0.4) is 0 Å². The van der Waals surface area contributed by atoms with E-state index in [4.69, 9.17) is 4.74 Å². The lowest BCUT2D eigenvalue weighted by Crippen LogP contribution is -2.35. The van der Waals surface area contributed by atoms with Crippen molar-refractivity contribution in [2.75, 3.05) is 26.0 Å². The van der Waals surface area contributed by atoms with Crippen molar-refractivity contribution in [3.8, 4) is 17.1 Å². The Morgan fingerprint density at radius 2 is 1.85 bits per heavy atom. The largest absolute Gasteiger partial charge is 0.495 e. The highest BCUT2D eigenvalue weighted by atomic mass is 32.2. The lowest BCUT2D eigenvalue weighted by molar-refractivity contribution is -0.116. The van der Waals surface area contributed by atoms with Gasteiger partial charge >= 0.3 is 0 Å². The number of anilines is 1. The minimum atomic E-state index is -3.90. The van der Waals surface area contributed by atoms with Crippen LogP contribution in [0, 0.1) is 6.92 Å². The Balaban J connectivity index is 1.53. The van der Waals surface area contributed by atoms with Crippen molar-refractivity contribution >= 4 is 32.7 Å². The van der Waals surface area contributed by atoms with Gasteiger partial charge in [0.05, 0.1) is 35.3 Å². The number of rotatable bonds is 7. The van der Waals surface area contributed by atoms with E-state index in [-0.39, 0.29) is 11.4 Å². The van der Waals surface area contributed by atoms with Gasteiger partial charge in [0.25, 0.3) is 0 Å². The maximum absolute atomic E-state index is 13.1. The smallest absolute Gasteiger partial charge is 0.243 e. The van der Waals surface area contributed by atoms with E-state index in [0.717, 1.165) is 15.4 Å². The second-order valence-electron chi connectivity index (χ2n) is 7.64. The van der Waals surface area contributed by atoms with E-state index < -0.39 is 15.9 Å². The summed E-state index contributed by atoms with van der Waals surface area (Å²) in [5.74, 6) is 0.678. The molecule has 9 heteroatoms. The van der Waals surface area contributed by atoms with Gasteiger partial charge in [-0.3, -0.25) is 4.79 Å². The van der Waals surface area contributed by atoms with Crippen molar-refractivity contribution < 1.29 is 17.9 Å². The Labute approximate surface area is 192 Å². The number of sulfonamides is 1. The van der Waals surface area contributed by atoms with Crippen molar-refractivity contribution in [2.45, 2.75) is 11.8 Å². The topological polar surface area (TPSA) is 104 Å². The van der Waals surface area contributed by atoms with Gasteiger partial charge in [-0.15, -0.1) is 0 Å². The zero-order valence-electron chi connectivity index (χ0n) is 18.5. The summed E-state index contributed by atoms with van der Waals surface area (Å²) < 4.78 is 32.5. The second kappa shape index (κ2) is 9.05. The second-order valence-corrected chi connectivity index (χ2v) is 9.69. The van der Waals surface area contributed by atoms with E-state index >= 15 is 0 Å². The predicted molar refractivity (Wildman–Crippen MR) is 128 cm³/mol. The average Bonchev–Trinajstić information content (AvgIpc) is 3.23. The van der Waals surface area contributed by atoms with Crippen LogP contribution < -0.4 is 10.1 Å². The molecule has 2 N–H and O–H groups in total. The Morgan fingerprint density at radius 1 is 1.09 bits per heavy atom. The molecule has 1 amide bonds. The average molecular weight is 465 g/mol. The number of nitrogens with one attached hydrogen (secondary N) is 2. The summed E-state index contributed by atoms with van der Waals surface area (Å²) in [6.45, 7) is 1.54. The number of ether oxygens (including phenoxy) is 1. The quantitative estimate of drug-likeness (QED) is 0.433. The van der Waals surface area contributed by atoms with Crippen molar-refractivity contribution in [3.63, 3.8) is 0 Å². The number of nitrogens with zero attached hydrogens (tertiary/aromatic N) is 2. The number of fused-ring (bicyclic) bond motifs is 1. The predicted octanol–water partition coefficient (Wildman–Crippen LogP) is 3.81. The summed E-state index contributed by atoms with van der Waals surface area (Å²) >= 11 is 0. The van der Waals surface area contributed by atoms with E-state index in [0.29, 0.717) is 28.3 Å². The number of hydrogen-bond donors (Lipinski definition) is 2. The molecular weight excluding hydrogens is 440 g/mol. The molecule has 0 bridgehead atoms. The number of aryl methyl sites for hydroxylation is 1. The lowest BCUT2D eigenvalue weighted by atomic mass is 10.2. The van der Waals surface area contributed by atoms with Crippen LogP contribution in [0.5, 0.6) is 5.75 Å². The van der Waals surface area contributed by atoms with Crippen LogP contribution in [-0.2, 0) is 14.8 Å². The molecule has 0 saturated carbocycles. The van der Waals surface area contributed by atoms with Crippen LogP contribution in [0.1, 0.15) is 5.56 Å². The highest BCUT2D eigenvalue weighted by molar-refractivity contribution is 7.89. The van der Waals surface area contributed by atoms with E-state index in [1.165, 1.54) is 26.3 Å². The minimum Gasteiger partial charge on any atom is -0.495 e. The van der Waals surface area contributed by atoms with Gasteiger partial charge < -0.3 is 15.0 Å². The monoisotopic (exact) mass is 464 g/mol. The number of aromatic nitrogens is 2. The number of aromatic amines is 1. The molecule has 0 unspecified atom stereocenters. The van der Waals surface area contributed by atoms with Crippen LogP contribution in [0.15, 0.2) is 71.6 Å². The Bertz CT molecular complexity index is 1420. The van der Waals surface area contributed by atoms with Crippen LogP contribution in [0.2, 0.25) is 0 Å². The fourth-order valence-corrected chi connectivity index (χ4v) is 4.61. The number of imidazole rings is 1. The van der Waals surface area contributed by atoms with E-state index in [2.05, 4.69) is 15.3 Å². The molecule has 4 rings (SSSR count). The van der Waals surface area contributed by atoms with Crippen LogP contribution >= 0.6 is 0 Å². The zero-order chi connectivity index (χ0) is 23.6. The van der Waals surface area contributed by atoms with Gasteiger partial charge in [0, 0.05) is 12.6 Å². The number of amides is 1. The summed E-state index contributed by atoms with van der Waals surface area (Å²) in [5.41, 5.74) is 3.57. The molecule has 170 valence electrons. The summed E-state index contributed by atoms with van der Waals surface area (Å²) in [6, 6.07) is 19.6. The number of carbonyl (C=O) groups excluding carboxylic acids is 1. The highest BCUT2D eigenvalue weighted by Crippen LogP contribution is 2.26. The number of benzene rings is 3. The molecule has 0 aliphatic heterocycles. The molecule has 0 atom stereocenters. The fraction of sp³-hybridized carbons (Fsp3) is 0.167. The van der Waals surface area contributed by atoms with Crippen molar-refractivity contribution in [3.05, 3.63) is 72.3 Å². The first-order chi connectivity index (χ1) is 15.8. The van der Waals surface area contributed by atoms with Crippen molar-refractivity contribution in [1.29, 1.82) is 0 Å². The maximum atomic E-state index is 13.1. The summed E-state index contributed by atoms with van der Waals surface area (Å²) in [5, 5.41) is 2.72. The Hall–Kier alpha value is -3.69. The number of carbonyl (C=O) groups is 1. The molecule has 0 spiro atoms. The van der Waals surface area contributed by atoms with Gasteiger partial charge in [0.2, 0.25) is 15.9 Å². The molecule has 0 fully saturated rings. The first-order valence-electron chi connectivity index (χ1n) is 10.2. The third-order valence-electron chi connectivity index (χ3n) is 5.20. The fourth-order valence-electron chi connectivity index (χ4n) is 3.46. The third kappa shape index (κ3) is 4.74. The molecule has 4 aromatic rings. The molecule has 1 heterocycles. The summed E-state index contributed by atoms with van der Waals surface area (Å²) in [4.78, 5) is 20.3. The van der Waals surface area contributed by atoms with Crippen LogP contribution in [-0.4, -0.2) is 49.3 Å². The normalized spacial score (nSPS) is 11.6. The highest BCUT2D eigenvalue weighted by Gasteiger charge is 2.24. The maximum Gasteiger partial charge on any atom is 0.243 e. The van der Waals surface area contributed by atoms with E-state index in [1.807, 2.05) is 43.3 Å². The first kappa shape index (κ1) is 22.5. The number of methoxy groups -OCH3 is 1. The Kier molecular flexibility index (Phi) is 6.17. The number of likely N-dealkylation sites (N-methyl/N-ethyl adjacent to an activating group) is 1. The SMILES string of the molecule is COc1ccc(C)cc1NC(=O)CN(C)S(=O)(=O)c1ccc2nc(-c3ccccc3)[nH]c2c1. The molecule has 0 radical (unpaired) electrons. The van der Waals surface area contributed by atoms with Crippen LogP contribution in [0.25, 0.3) is 22.4 Å². The standard InChI is InChI=1S/C24H24N4O4S/c1-16-9-12-22(32-3)21(13-16)25-23(29)15-28(2)33(30,31)18-10-11-19-20(14-18)27-24(26-19)17-7-5-4-6-8-17/h4-14H,15H2,1-3H3,(H,25,29)(H,26,27). The molecular formula is C24H24N4O4S. The van der Waals surface area contributed by atoms with Crippen molar-refractivity contribution in [1.82, 2.24) is 14.3 Å². The number of H-pyrrole nitrogens is 1.